The van der Waals surface area contributed by atoms with Crippen molar-refractivity contribution in [2.45, 2.75) is 27.2 Å². The number of amides is 1. The number of aryl methyl sites for hydroxylation is 1. The van der Waals surface area contributed by atoms with E-state index >= 15 is 0 Å². The molecule has 0 saturated heterocycles. The van der Waals surface area contributed by atoms with Crippen LogP contribution < -0.4 is 20.5 Å². The fourth-order valence-electron chi connectivity index (χ4n) is 2.27. The molecule has 134 valence electrons. The van der Waals surface area contributed by atoms with E-state index in [1.54, 1.807) is 24.3 Å². The van der Waals surface area contributed by atoms with Crippen molar-refractivity contribution >= 4 is 28.9 Å². The predicted molar refractivity (Wildman–Crippen MR) is 102 cm³/mol. The van der Waals surface area contributed by atoms with Crippen LogP contribution in [0.4, 0.5) is 11.4 Å². The highest BCUT2D eigenvalue weighted by atomic mass is 35.5. The molecule has 2 rings (SSSR count). The largest absolute Gasteiger partial charge is 0.490 e. The SMILES string of the molecule is CCCOc1c(Cl)cc(C(=O)Nc2cc(N)ccc2C)cc1OCC. The molecule has 25 heavy (non-hydrogen) atoms. The summed E-state index contributed by atoms with van der Waals surface area (Å²) in [5, 5.41) is 3.19. The lowest BCUT2D eigenvalue weighted by Gasteiger charge is -2.15. The Labute approximate surface area is 153 Å². The van der Waals surface area contributed by atoms with Crippen LogP contribution in [0.15, 0.2) is 30.3 Å². The summed E-state index contributed by atoms with van der Waals surface area (Å²) in [6, 6.07) is 8.57. The maximum atomic E-state index is 12.6. The molecule has 2 aromatic rings. The molecule has 0 bridgehead atoms. The Bertz CT molecular complexity index is 763. The molecule has 0 heterocycles. The third-order valence-electron chi connectivity index (χ3n) is 3.53. The van der Waals surface area contributed by atoms with Gasteiger partial charge in [0.25, 0.3) is 5.91 Å². The third-order valence-corrected chi connectivity index (χ3v) is 3.81. The number of hydrogen-bond donors (Lipinski definition) is 2. The van der Waals surface area contributed by atoms with Crippen molar-refractivity contribution in [1.82, 2.24) is 0 Å². The molecule has 0 unspecified atom stereocenters. The van der Waals surface area contributed by atoms with Crippen LogP contribution in [0.1, 0.15) is 36.2 Å². The highest BCUT2D eigenvalue weighted by Crippen LogP contribution is 2.37. The van der Waals surface area contributed by atoms with Gasteiger partial charge in [-0.25, -0.2) is 0 Å². The molecule has 0 saturated carbocycles. The summed E-state index contributed by atoms with van der Waals surface area (Å²) in [4.78, 5) is 12.6. The summed E-state index contributed by atoms with van der Waals surface area (Å²) in [7, 11) is 0. The summed E-state index contributed by atoms with van der Waals surface area (Å²) in [6.45, 7) is 6.73. The minimum Gasteiger partial charge on any atom is -0.490 e. The monoisotopic (exact) mass is 362 g/mol. The molecule has 0 aliphatic carbocycles. The quantitative estimate of drug-likeness (QED) is 0.702. The minimum atomic E-state index is -0.293. The summed E-state index contributed by atoms with van der Waals surface area (Å²) in [6.07, 6.45) is 0.846. The summed E-state index contributed by atoms with van der Waals surface area (Å²) >= 11 is 6.30. The first-order valence-electron chi connectivity index (χ1n) is 8.22. The lowest BCUT2D eigenvalue weighted by atomic mass is 10.1. The van der Waals surface area contributed by atoms with Crippen molar-refractivity contribution in [2.24, 2.45) is 0 Å². The Morgan fingerprint density at radius 1 is 1.20 bits per heavy atom. The zero-order valence-corrected chi connectivity index (χ0v) is 15.4. The Morgan fingerprint density at radius 3 is 2.64 bits per heavy atom. The fraction of sp³-hybridized carbons (Fsp3) is 0.316. The zero-order chi connectivity index (χ0) is 18.4. The van der Waals surface area contributed by atoms with Crippen LogP contribution in [0.2, 0.25) is 5.02 Å². The van der Waals surface area contributed by atoms with Crippen LogP contribution in [-0.2, 0) is 0 Å². The van der Waals surface area contributed by atoms with Gasteiger partial charge in [-0.3, -0.25) is 4.79 Å². The molecule has 0 aromatic heterocycles. The first-order chi connectivity index (χ1) is 12.0. The van der Waals surface area contributed by atoms with E-state index in [0.717, 1.165) is 12.0 Å². The van der Waals surface area contributed by atoms with Crippen molar-refractivity contribution in [1.29, 1.82) is 0 Å². The summed E-state index contributed by atoms with van der Waals surface area (Å²) < 4.78 is 11.2. The van der Waals surface area contributed by atoms with E-state index in [1.165, 1.54) is 0 Å². The molecule has 3 N–H and O–H groups in total. The van der Waals surface area contributed by atoms with Gasteiger partial charge in [-0.15, -0.1) is 0 Å². The number of anilines is 2. The Morgan fingerprint density at radius 2 is 1.96 bits per heavy atom. The van der Waals surface area contributed by atoms with Gasteiger partial charge in [0.2, 0.25) is 0 Å². The average Bonchev–Trinajstić information content (AvgIpc) is 2.57. The number of ether oxygens (including phenoxy) is 2. The van der Waals surface area contributed by atoms with Gasteiger partial charge in [0.05, 0.1) is 18.2 Å². The van der Waals surface area contributed by atoms with Gasteiger partial charge < -0.3 is 20.5 Å². The highest BCUT2D eigenvalue weighted by molar-refractivity contribution is 6.32. The molecule has 6 heteroatoms. The van der Waals surface area contributed by atoms with Crippen molar-refractivity contribution in [3.8, 4) is 11.5 Å². The van der Waals surface area contributed by atoms with Gasteiger partial charge in [-0.2, -0.15) is 0 Å². The lowest BCUT2D eigenvalue weighted by molar-refractivity contribution is 0.102. The number of nitrogens with one attached hydrogen (secondary N) is 1. The van der Waals surface area contributed by atoms with E-state index in [-0.39, 0.29) is 5.91 Å². The molecule has 0 atom stereocenters. The van der Waals surface area contributed by atoms with E-state index in [2.05, 4.69) is 5.32 Å². The number of benzene rings is 2. The smallest absolute Gasteiger partial charge is 0.255 e. The fourth-order valence-corrected chi connectivity index (χ4v) is 2.54. The van der Waals surface area contributed by atoms with E-state index in [1.807, 2.05) is 26.8 Å². The van der Waals surface area contributed by atoms with Crippen LogP contribution in [0, 0.1) is 6.92 Å². The molecule has 0 aliphatic heterocycles. The van der Waals surface area contributed by atoms with Crippen LogP contribution in [0.3, 0.4) is 0 Å². The summed E-state index contributed by atoms with van der Waals surface area (Å²) in [5.41, 5.74) is 8.33. The Hall–Kier alpha value is -2.40. The Kier molecular flexibility index (Phi) is 6.53. The van der Waals surface area contributed by atoms with Crippen molar-refractivity contribution < 1.29 is 14.3 Å². The van der Waals surface area contributed by atoms with Gasteiger partial charge in [-0.05, 0) is 50.1 Å². The third kappa shape index (κ3) is 4.79. The van der Waals surface area contributed by atoms with E-state index in [4.69, 9.17) is 26.8 Å². The van der Waals surface area contributed by atoms with Crippen LogP contribution in [0.25, 0.3) is 0 Å². The Balaban J connectivity index is 2.31. The second-order valence-electron chi connectivity index (χ2n) is 5.60. The van der Waals surface area contributed by atoms with Gasteiger partial charge >= 0.3 is 0 Å². The minimum absolute atomic E-state index is 0.293. The van der Waals surface area contributed by atoms with Gasteiger partial charge in [-0.1, -0.05) is 24.6 Å². The van der Waals surface area contributed by atoms with Crippen molar-refractivity contribution in [2.75, 3.05) is 24.3 Å². The molecule has 0 aliphatic rings. The second-order valence-corrected chi connectivity index (χ2v) is 6.00. The van der Waals surface area contributed by atoms with Crippen LogP contribution >= 0.6 is 11.6 Å². The number of hydrogen-bond acceptors (Lipinski definition) is 4. The molecule has 0 radical (unpaired) electrons. The predicted octanol–water partition coefficient (Wildman–Crippen LogP) is 4.67. The molecule has 0 fully saturated rings. The molecule has 1 amide bonds. The van der Waals surface area contributed by atoms with Crippen molar-refractivity contribution in [3.05, 3.63) is 46.5 Å². The number of carbonyl (C=O) groups is 1. The number of carbonyl (C=O) groups excluding carboxylic acids is 1. The maximum Gasteiger partial charge on any atom is 0.255 e. The average molecular weight is 363 g/mol. The molecule has 2 aromatic carbocycles. The number of nitrogens with two attached hydrogens (primary N) is 1. The highest BCUT2D eigenvalue weighted by Gasteiger charge is 2.17. The lowest BCUT2D eigenvalue weighted by Crippen LogP contribution is -2.14. The normalized spacial score (nSPS) is 10.4. The van der Waals surface area contributed by atoms with E-state index in [9.17, 15) is 4.79 Å². The van der Waals surface area contributed by atoms with Gasteiger partial charge in [0.1, 0.15) is 0 Å². The van der Waals surface area contributed by atoms with Gasteiger partial charge in [0.15, 0.2) is 11.5 Å². The van der Waals surface area contributed by atoms with Crippen LogP contribution in [0.5, 0.6) is 11.5 Å². The number of nitrogen functional groups attached to an aromatic ring is 1. The first kappa shape index (κ1) is 18.9. The zero-order valence-electron chi connectivity index (χ0n) is 14.7. The van der Waals surface area contributed by atoms with Crippen molar-refractivity contribution in [3.63, 3.8) is 0 Å². The molecule has 0 spiro atoms. The van der Waals surface area contributed by atoms with E-state index < -0.39 is 0 Å². The standard InChI is InChI=1S/C19H23ClN2O3/c1-4-8-25-18-15(20)9-13(10-17(18)24-5-2)19(23)22-16-11-14(21)7-6-12(16)3/h6-7,9-11H,4-5,8,21H2,1-3H3,(H,22,23). The number of rotatable bonds is 7. The first-order valence-corrected chi connectivity index (χ1v) is 8.60. The molecular formula is C19H23ClN2O3. The molecule has 5 nitrogen and oxygen atoms in total. The van der Waals surface area contributed by atoms with Crippen LogP contribution in [-0.4, -0.2) is 19.1 Å². The molecular weight excluding hydrogens is 340 g/mol. The number of halogens is 1. The second kappa shape index (κ2) is 8.62. The van der Waals surface area contributed by atoms with Gasteiger partial charge in [0, 0.05) is 16.9 Å². The summed E-state index contributed by atoms with van der Waals surface area (Å²) in [5.74, 6) is 0.624. The van der Waals surface area contributed by atoms with E-state index in [0.29, 0.717) is 46.7 Å². The topological polar surface area (TPSA) is 73.6 Å². The maximum absolute atomic E-state index is 12.6.